The fourth-order valence-corrected chi connectivity index (χ4v) is 1.15. The molecule has 0 radical (unpaired) electrons. The standard InChI is InChI=1S/C6H10N2O4/c9-5(10)4-7-2-1-3-8(4)6(11)12/h4,7H,1-3H2,(H,9,10)(H,11,12). The van der Waals surface area contributed by atoms with Crippen LogP contribution in [0.2, 0.25) is 0 Å². The van der Waals surface area contributed by atoms with Crippen molar-refractivity contribution in [2.24, 2.45) is 0 Å². The summed E-state index contributed by atoms with van der Waals surface area (Å²) < 4.78 is 0. The lowest BCUT2D eigenvalue weighted by Crippen LogP contribution is -2.57. The first-order chi connectivity index (χ1) is 5.63. The Morgan fingerprint density at radius 2 is 2.08 bits per heavy atom. The highest BCUT2D eigenvalue weighted by Gasteiger charge is 2.31. The molecule has 12 heavy (non-hydrogen) atoms. The van der Waals surface area contributed by atoms with E-state index in [-0.39, 0.29) is 6.54 Å². The Morgan fingerprint density at radius 1 is 1.42 bits per heavy atom. The third-order valence-electron chi connectivity index (χ3n) is 1.70. The van der Waals surface area contributed by atoms with Crippen LogP contribution >= 0.6 is 0 Å². The van der Waals surface area contributed by atoms with Crippen LogP contribution in [0.4, 0.5) is 4.79 Å². The van der Waals surface area contributed by atoms with Crippen LogP contribution in [0.3, 0.4) is 0 Å². The molecule has 6 nitrogen and oxygen atoms in total. The summed E-state index contributed by atoms with van der Waals surface area (Å²) in [6.45, 7) is 0.819. The van der Waals surface area contributed by atoms with Crippen molar-refractivity contribution < 1.29 is 19.8 Å². The fourth-order valence-electron chi connectivity index (χ4n) is 1.15. The first-order valence-corrected chi connectivity index (χ1v) is 3.58. The van der Waals surface area contributed by atoms with Crippen molar-refractivity contribution in [2.45, 2.75) is 12.6 Å². The molecule has 0 aromatic carbocycles. The van der Waals surface area contributed by atoms with Crippen molar-refractivity contribution in [3.8, 4) is 0 Å². The van der Waals surface area contributed by atoms with Crippen LogP contribution in [0, 0.1) is 0 Å². The SMILES string of the molecule is O=C(O)C1NCCCN1C(=O)O. The molecule has 1 rings (SSSR count). The summed E-state index contributed by atoms with van der Waals surface area (Å²) in [7, 11) is 0. The number of nitrogens with zero attached hydrogens (tertiary/aromatic N) is 1. The summed E-state index contributed by atoms with van der Waals surface area (Å²) >= 11 is 0. The zero-order valence-electron chi connectivity index (χ0n) is 6.36. The second-order valence-corrected chi connectivity index (χ2v) is 2.52. The normalized spacial score (nSPS) is 23.7. The van der Waals surface area contributed by atoms with Gasteiger partial charge in [-0.25, -0.2) is 9.59 Å². The van der Waals surface area contributed by atoms with Gasteiger partial charge >= 0.3 is 12.1 Å². The zero-order chi connectivity index (χ0) is 9.14. The van der Waals surface area contributed by atoms with Crippen molar-refractivity contribution in [1.29, 1.82) is 0 Å². The molecule has 0 spiro atoms. The molecule has 3 N–H and O–H groups in total. The third kappa shape index (κ3) is 1.65. The van der Waals surface area contributed by atoms with Gasteiger partial charge in [0.15, 0.2) is 6.17 Å². The van der Waals surface area contributed by atoms with Gasteiger partial charge in [0.2, 0.25) is 0 Å². The van der Waals surface area contributed by atoms with E-state index in [1.165, 1.54) is 0 Å². The Bertz CT molecular complexity index is 184. The van der Waals surface area contributed by atoms with E-state index in [4.69, 9.17) is 10.2 Å². The molecule has 1 amide bonds. The van der Waals surface area contributed by atoms with Crippen LogP contribution in [-0.4, -0.2) is 46.4 Å². The highest BCUT2D eigenvalue weighted by molar-refractivity contribution is 5.79. The van der Waals surface area contributed by atoms with Gasteiger partial charge < -0.3 is 10.2 Å². The molecule has 0 bridgehead atoms. The molecule has 1 heterocycles. The second-order valence-electron chi connectivity index (χ2n) is 2.52. The van der Waals surface area contributed by atoms with Crippen LogP contribution in [0.25, 0.3) is 0 Å². The minimum absolute atomic E-state index is 0.277. The molecule has 68 valence electrons. The first-order valence-electron chi connectivity index (χ1n) is 3.58. The molecule has 1 atom stereocenters. The highest BCUT2D eigenvalue weighted by atomic mass is 16.4. The van der Waals surface area contributed by atoms with E-state index in [1.807, 2.05) is 0 Å². The van der Waals surface area contributed by atoms with Crippen molar-refractivity contribution in [3.05, 3.63) is 0 Å². The van der Waals surface area contributed by atoms with Gasteiger partial charge in [0.1, 0.15) is 0 Å². The van der Waals surface area contributed by atoms with E-state index in [2.05, 4.69) is 5.32 Å². The fraction of sp³-hybridized carbons (Fsp3) is 0.667. The number of carboxylic acids is 1. The minimum atomic E-state index is -1.20. The monoisotopic (exact) mass is 174 g/mol. The van der Waals surface area contributed by atoms with E-state index in [9.17, 15) is 9.59 Å². The number of aliphatic carboxylic acids is 1. The van der Waals surface area contributed by atoms with E-state index in [0.29, 0.717) is 13.0 Å². The number of carboxylic acid groups (broad SMARTS) is 2. The number of nitrogens with one attached hydrogen (secondary N) is 1. The Hall–Kier alpha value is -1.30. The molecule has 1 saturated heterocycles. The van der Waals surface area contributed by atoms with Gasteiger partial charge in [0, 0.05) is 6.54 Å². The van der Waals surface area contributed by atoms with Crippen molar-refractivity contribution in [3.63, 3.8) is 0 Å². The van der Waals surface area contributed by atoms with E-state index in [0.717, 1.165) is 4.90 Å². The number of rotatable bonds is 1. The number of hydrogen-bond acceptors (Lipinski definition) is 3. The van der Waals surface area contributed by atoms with Gasteiger partial charge in [-0.15, -0.1) is 0 Å². The predicted molar refractivity (Wildman–Crippen MR) is 38.8 cm³/mol. The summed E-state index contributed by atoms with van der Waals surface area (Å²) in [5.74, 6) is -1.16. The summed E-state index contributed by atoms with van der Waals surface area (Å²) in [5.41, 5.74) is 0. The summed E-state index contributed by atoms with van der Waals surface area (Å²) in [4.78, 5) is 21.9. The maximum atomic E-state index is 10.5. The number of hydrogen-bond donors (Lipinski definition) is 3. The van der Waals surface area contributed by atoms with Gasteiger partial charge in [-0.2, -0.15) is 0 Å². The molecular weight excluding hydrogens is 164 g/mol. The average Bonchev–Trinajstić information content (AvgIpc) is 2.04. The Morgan fingerprint density at radius 3 is 2.50 bits per heavy atom. The van der Waals surface area contributed by atoms with Gasteiger partial charge in [-0.3, -0.25) is 10.2 Å². The topological polar surface area (TPSA) is 89.9 Å². The lowest BCUT2D eigenvalue weighted by molar-refractivity contribution is -0.144. The van der Waals surface area contributed by atoms with Crippen LogP contribution < -0.4 is 5.32 Å². The molecule has 1 fully saturated rings. The van der Waals surface area contributed by atoms with Crippen molar-refractivity contribution in [2.75, 3.05) is 13.1 Å². The van der Waals surface area contributed by atoms with E-state index < -0.39 is 18.2 Å². The van der Waals surface area contributed by atoms with Gasteiger partial charge in [0.05, 0.1) is 0 Å². The van der Waals surface area contributed by atoms with Crippen LogP contribution in [-0.2, 0) is 4.79 Å². The van der Waals surface area contributed by atoms with E-state index in [1.54, 1.807) is 0 Å². The summed E-state index contributed by atoms with van der Waals surface area (Å²) in [5, 5.41) is 19.8. The van der Waals surface area contributed by atoms with Gasteiger partial charge in [0.25, 0.3) is 0 Å². The maximum absolute atomic E-state index is 10.5. The van der Waals surface area contributed by atoms with Crippen LogP contribution in [0.15, 0.2) is 0 Å². The molecule has 1 aliphatic heterocycles. The highest BCUT2D eigenvalue weighted by Crippen LogP contribution is 2.04. The summed E-state index contributed by atoms with van der Waals surface area (Å²) in [6.07, 6.45) is -1.64. The first kappa shape index (κ1) is 8.79. The Labute approximate surface area is 68.8 Å². The largest absolute Gasteiger partial charge is 0.479 e. The molecule has 0 aliphatic carbocycles. The summed E-state index contributed by atoms with van der Waals surface area (Å²) in [6, 6.07) is 0. The minimum Gasteiger partial charge on any atom is -0.479 e. The van der Waals surface area contributed by atoms with Crippen LogP contribution in [0.1, 0.15) is 6.42 Å². The van der Waals surface area contributed by atoms with Gasteiger partial charge in [-0.05, 0) is 13.0 Å². The Kier molecular flexibility index (Phi) is 2.49. The number of amides is 1. The molecular formula is C6H10N2O4. The molecule has 6 heteroatoms. The third-order valence-corrected chi connectivity index (χ3v) is 1.70. The molecule has 0 aromatic heterocycles. The van der Waals surface area contributed by atoms with E-state index >= 15 is 0 Å². The molecule has 0 aromatic rings. The lowest BCUT2D eigenvalue weighted by Gasteiger charge is -2.31. The predicted octanol–water partition coefficient (Wildman–Crippen LogP) is -0.630. The molecule has 0 saturated carbocycles. The molecule has 1 unspecified atom stereocenters. The van der Waals surface area contributed by atoms with Gasteiger partial charge in [-0.1, -0.05) is 0 Å². The lowest BCUT2D eigenvalue weighted by atomic mass is 10.2. The van der Waals surface area contributed by atoms with Crippen LogP contribution in [0.5, 0.6) is 0 Å². The van der Waals surface area contributed by atoms with Crippen molar-refractivity contribution >= 4 is 12.1 Å². The zero-order valence-corrected chi connectivity index (χ0v) is 6.36. The Balaban J connectivity index is 2.67. The smallest absolute Gasteiger partial charge is 0.409 e. The average molecular weight is 174 g/mol. The number of carbonyl (C=O) groups is 2. The second kappa shape index (κ2) is 3.40. The molecule has 1 aliphatic rings. The quantitative estimate of drug-likeness (QED) is 0.492. The maximum Gasteiger partial charge on any atom is 0.409 e. The van der Waals surface area contributed by atoms with Crippen molar-refractivity contribution in [1.82, 2.24) is 10.2 Å².